The number of hydrogen-bond donors (Lipinski definition) is 7. The van der Waals surface area contributed by atoms with Crippen LogP contribution in [-0.2, 0) is 104 Å². The lowest BCUT2D eigenvalue weighted by Crippen LogP contribution is -2.70. The molecule has 4 heterocycles. The van der Waals surface area contributed by atoms with E-state index in [0.29, 0.717) is 19.4 Å². The van der Waals surface area contributed by atoms with E-state index in [9.17, 15) is 35.1 Å². The summed E-state index contributed by atoms with van der Waals surface area (Å²) in [6.45, 7) is 4.15. The number of nitrogens with zero attached hydrogens (tertiary/aromatic N) is 3. The number of unbranched alkanes of at least 4 members (excludes halogenated alkanes) is 3. The molecule has 0 bridgehead atoms. The fraction of sp³-hybridized carbons (Fsp3) is 0.536. The van der Waals surface area contributed by atoms with E-state index in [2.05, 4.69) is 20.7 Å². The lowest BCUT2D eigenvalue weighted by molar-refractivity contribution is -0.380. The molecule has 4 saturated heterocycles. The summed E-state index contributed by atoms with van der Waals surface area (Å²) in [6, 6.07) is 44.7. The smallest absolute Gasteiger partial charge is 0.217 e. The molecule has 7 N–H and O–H groups in total. The Labute approximate surface area is 547 Å². The molecule has 9 rings (SSSR count). The first-order valence-electron chi connectivity index (χ1n) is 32.1. The van der Waals surface area contributed by atoms with Crippen LogP contribution < -0.4 is 10.6 Å². The molecule has 0 unspecified atom stereocenters. The summed E-state index contributed by atoms with van der Waals surface area (Å²) in [5, 5.41) is 69.6. The summed E-state index contributed by atoms with van der Waals surface area (Å²) in [5.74, 6) is -1.17. The molecule has 0 spiro atoms. The predicted octanol–water partition coefficient (Wildman–Crippen LogP) is 5.58. The highest BCUT2D eigenvalue weighted by Crippen LogP contribution is 2.37. The topological polar surface area (TPSA) is 328 Å². The Morgan fingerprint density at radius 2 is 0.872 bits per heavy atom. The van der Waals surface area contributed by atoms with Crippen molar-refractivity contribution in [3.8, 4) is 0 Å². The van der Waals surface area contributed by atoms with Crippen molar-refractivity contribution >= 4 is 11.8 Å². The zero-order valence-electron chi connectivity index (χ0n) is 53.1. The van der Waals surface area contributed by atoms with Crippen LogP contribution in [0, 0.1) is 0 Å². The standard InChI is InChI=1S/C69H89N5O20/c1-43-60(85-38-48-27-15-8-16-28-48)64(86-39-49-29-17-9-18-30-49)65(87-40-50-31-19-10-20-32-50)69(88-43)93-62-53(42-83-37-47-25-13-7-14-26-47)91-67(55(58(62)80)73-45(3)77)94-63-56(78)51(35-75)89-68(59(63)81)92-61-52(41-82-36-46-23-11-6-12-24-46)90-66(54(57(61)79)72-44(2)76)84-34-22-5-4-21-33-71-74-70/h6-20,23-32,43,51-69,75,78-81H,4-5,21-22,33-42H2,1-3H3,(H,72,76)(H,73,77)/t43-,51+,52+,53+,54+,55+,56-,57+,58+,59+,60+,61+,62+,63-,64+,65-,66+,67-,68-,69-/m0/s1. The molecule has 4 aliphatic rings. The molecule has 4 aliphatic heterocycles. The molecule has 20 atom stereocenters. The minimum Gasteiger partial charge on any atom is -0.394 e. The molecular weight excluding hydrogens is 1220 g/mol. The van der Waals surface area contributed by atoms with Gasteiger partial charge in [0.2, 0.25) is 11.8 Å². The average Bonchev–Trinajstić information content (AvgIpc) is 0.779. The lowest BCUT2D eigenvalue weighted by Gasteiger charge is -2.51. The van der Waals surface area contributed by atoms with E-state index in [-0.39, 0.29) is 52.9 Å². The van der Waals surface area contributed by atoms with Crippen molar-refractivity contribution in [2.24, 2.45) is 5.11 Å². The second-order valence-electron chi connectivity index (χ2n) is 23.8. The van der Waals surface area contributed by atoms with Crippen LogP contribution in [0.15, 0.2) is 157 Å². The van der Waals surface area contributed by atoms with E-state index in [0.717, 1.165) is 40.7 Å². The third-order valence-electron chi connectivity index (χ3n) is 16.6. The summed E-state index contributed by atoms with van der Waals surface area (Å²) >= 11 is 0. The Kier molecular flexibility index (Phi) is 28.5. The van der Waals surface area contributed by atoms with Crippen LogP contribution >= 0.6 is 0 Å². The van der Waals surface area contributed by atoms with E-state index in [1.54, 1.807) is 0 Å². The fourth-order valence-corrected chi connectivity index (χ4v) is 11.9. The summed E-state index contributed by atoms with van der Waals surface area (Å²) in [4.78, 5) is 29.0. The average molecular weight is 1310 g/mol. The van der Waals surface area contributed by atoms with Crippen molar-refractivity contribution in [3.63, 3.8) is 0 Å². The molecule has 510 valence electrons. The Balaban J connectivity index is 0.995. The minimum absolute atomic E-state index is 0.0803. The molecule has 0 aromatic heterocycles. The number of aliphatic hydroxyl groups excluding tert-OH is 5. The minimum atomic E-state index is -1.98. The summed E-state index contributed by atoms with van der Waals surface area (Å²) in [7, 11) is 0. The number of carbonyl (C=O) groups is 2. The van der Waals surface area contributed by atoms with Gasteiger partial charge in [0.05, 0.1) is 59.0 Å². The van der Waals surface area contributed by atoms with Gasteiger partial charge in [0.25, 0.3) is 0 Å². The molecule has 4 fully saturated rings. The summed E-state index contributed by atoms with van der Waals surface area (Å²) < 4.78 is 85.3. The van der Waals surface area contributed by atoms with E-state index < -0.39 is 141 Å². The molecular formula is C69H89N5O20. The normalized spacial score (nSPS) is 31.0. The van der Waals surface area contributed by atoms with Crippen LogP contribution in [0.3, 0.4) is 0 Å². The van der Waals surface area contributed by atoms with Gasteiger partial charge in [0.1, 0.15) is 91.4 Å². The third-order valence-corrected chi connectivity index (χ3v) is 16.6. The molecule has 25 nitrogen and oxygen atoms in total. The molecule has 25 heteroatoms. The van der Waals surface area contributed by atoms with Gasteiger partial charge in [-0.2, -0.15) is 0 Å². The van der Waals surface area contributed by atoms with Gasteiger partial charge in [-0.15, -0.1) is 0 Å². The summed E-state index contributed by atoms with van der Waals surface area (Å²) in [5.41, 5.74) is 12.9. The maximum Gasteiger partial charge on any atom is 0.217 e. The Hall–Kier alpha value is -6.37. The van der Waals surface area contributed by atoms with Crippen molar-refractivity contribution < 1.29 is 96.7 Å². The van der Waals surface area contributed by atoms with Gasteiger partial charge >= 0.3 is 0 Å². The number of ether oxygens (including phenoxy) is 13. The molecule has 2 amide bonds. The fourth-order valence-electron chi connectivity index (χ4n) is 11.9. The second-order valence-corrected chi connectivity index (χ2v) is 23.8. The number of azide groups is 1. The first kappa shape index (κ1) is 71.9. The van der Waals surface area contributed by atoms with Crippen LogP contribution in [0.2, 0.25) is 0 Å². The van der Waals surface area contributed by atoms with E-state index in [4.69, 9.17) is 67.1 Å². The molecule has 0 aliphatic carbocycles. The van der Waals surface area contributed by atoms with E-state index in [1.807, 2.05) is 159 Å². The lowest BCUT2D eigenvalue weighted by atomic mass is 9.94. The number of nitrogens with one attached hydrogen (secondary N) is 2. The van der Waals surface area contributed by atoms with Crippen molar-refractivity contribution in [1.82, 2.24) is 10.6 Å². The number of carbonyl (C=O) groups excluding carboxylic acids is 2. The molecule has 5 aromatic carbocycles. The highest BCUT2D eigenvalue weighted by molar-refractivity contribution is 5.73. The monoisotopic (exact) mass is 1310 g/mol. The van der Waals surface area contributed by atoms with Crippen molar-refractivity contribution in [1.29, 1.82) is 0 Å². The highest BCUT2D eigenvalue weighted by Gasteiger charge is 2.57. The maximum atomic E-state index is 13.4. The van der Waals surface area contributed by atoms with Crippen LogP contribution in [0.4, 0.5) is 0 Å². The van der Waals surface area contributed by atoms with Gasteiger partial charge in [-0.3, -0.25) is 9.59 Å². The SMILES string of the molecule is CC(=O)N[C@H]1[C@H](OCCCCCCN=[N+]=[N-])O[C@H](COCc2ccccc2)[C@@H](O[C@@H]2O[C@H](CO)[C@H](O)[C@H](O[C@@H]3O[C@H](COCc4ccccc4)[C@@H](O[C@@H]4O[C@@H](C)[C@@H](OCc5ccccc5)[C@@H](OCc5ccccc5)[C@@H]4OCc4ccccc4)[C@H](O)[C@H]3NC(C)=O)[C@H]2O)[C@@H]1O. The van der Waals surface area contributed by atoms with E-state index in [1.165, 1.54) is 13.8 Å². The molecule has 94 heavy (non-hydrogen) atoms. The zero-order valence-corrected chi connectivity index (χ0v) is 53.1. The van der Waals surface area contributed by atoms with Gasteiger partial charge in [0.15, 0.2) is 25.2 Å². The van der Waals surface area contributed by atoms with Gasteiger partial charge in [-0.05, 0) is 53.1 Å². The van der Waals surface area contributed by atoms with Crippen molar-refractivity contribution in [2.75, 3.05) is 33.0 Å². The Morgan fingerprint density at radius 1 is 0.457 bits per heavy atom. The Bertz CT molecular complexity index is 3040. The molecule has 5 aromatic rings. The third kappa shape index (κ3) is 20.6. The first-order chi connectivity index (χ1) is 45.8. The van der Waals surface area contributed by atoms with Gasteiger partial charge < -0.3 is 97.7 Å². The van der Waals surface area contributed by atoms with Crippen LogP contribution in [0.5, 0.6) is 0 Å². The van der Waals surface area contributed by atoms with Crippen LogP contribution in [0.1, 0.15) is 74.3 Å². The predicted molar refractivity (Wildman–Crippen MR) is 337 cm³/mol. The Morgan fingerprint density at radius 3 is 1.35 bits per heavy atom. The van der Waals surface area contributed by atoms with E-state index >= 15 is 0 Å². The zero-order chi connectivity index (χ0) is 66.2. The first-order valence-corrected chi connectivity index (χ1v) is 32.1. The number of rotatable bonds is 34. The van der Waals surface area contributed by atoms with Crippen molar-refractivity contribution in [3.05, 3.63) is 190 Å². The highest BCUT2D eigenvalue weighted by atomic mass is 16.8. The number of benzene rings is 5. The quantitative estimate of drug-likeness (QED) is 0.0114. The van der Waals surface area contributed by atoms with Gasteiger partial charge in [-0.1, -0.05) is 170 Å². The van der Waals surface area contributed by atoms with Crippen LogP contribution in [-0.4, -0.2) is 193 Å². The number of amides is 2. The van der Waals surface area contributed by atoms with Gasteiger partial charge in [-0.25, -0.2) is 0 Å². The molecule has 0 saturated carbocycles. The molecule has 0 radical (unpaired) electrons. The number of aliphatic hydroxyl groups is 5. The summed E-state index contributed by atoms with van der Waals surface area (Å²) in [6.07, 6.45) is -22.5. The maximum absolute atomic E-state index is 13.4. The van der Waals surface area contributed by atoms with Gasteiger partial charge in [0, 0.05) is 31.9 Å². The number of hydrogen-bond acceptors (Lipinski definition) is 21. The largest absolute Gasteiger partial charge is 0.394 e. The van der Waals surface area contributed by atoms with Crippen LogP contribution in [0.25, 0.3) is 10.4 Å². The second kappa shape index (κ2) is 37.2. The van der Waals surface area contributed by atoms with Crippen molar-refractivity contribution in [2.45, 2.75) is 202 Å².